The minimum Gasteiger partial charge on any atom is -0.481 e. The molecule has 5 heteroatoms. The van der Waals surface area contributed by atoms with Crippen molar-refractivity contribution in [2.75, 3.05) is 5.32 Å². The average molecular weight is 307 g/mol. The van der Waals surface area contributed by atoms with Gasteiger partial charge in [-0.25, -0.2) is 0 Å². The molecule has 0 bridgehead atoms. The molecular weight excluding hydrogens is 288 g/mol. The number of fused-ring (bicyclic) bond motifs is 1. The van der Waals surface area contributed by atoms with Gasteiger partial charge in [-0.05, 0) is 52.0 Å². The van der Waals surface area contributed by atoms with Gasteiger partial charge < -0.3 is 10.4 Å². The van der Waals surface area contributed by atoms with Crippen molar-refractivity contribution in [3.63, 3.8) is 0 Å². The third-order valence-corrected chi connectivity index (χ3v) is 4.48. The van der Waals surface area contributed by atoms with Crippen molar-refractivity contribution in [1.29, 1.82) is 0 Å². The van der Waals surface area contributed by atoms with E-state index < -0.39 is 16.9 Å². The Hall–Kier alpha value is -1.81. The molecular formula is C16H19ClN2O2. The highest BCUT2D eigenvalue weighted by molar-refractivity contribution is 6.31. The van der Waals surface area contributed by atoms with Crippen LogP contribution in [0.4, 0.5) is 5.69 Å². The Kier molecular flexibility index (Phi) is 3.85. The smallest absolute Gasteiger partial charge is 0.311 e. The molecule has 0 saturated carbocycles. The summed E-state index contributed by atoms with van der Waals surface area (Å²) < 4.78 is 0. The largest absolute Gasteiger partial charge is 0.481 e. The maximum absolute atomic E-state index is 11.5. The van der Waals surface area contributed by atoms with Gasteiger partial charge in [0, 0.05) is 27.8 Å². The molecule has 112 valence electrons. The number of rotatable bonds is 4. The van der Waals surface area contributed by atoms with Crippen LogP contribution in [0.1, 0.15) is 27.7 Å². The molecule has 0 amide bonds. The zero-order chi connectivity index (χ0) is 15.8. The van der Waals surface area contributed by atoms with E-state index in [1.165, 1.54) is 0 Å². The van der Waals surface area contributed by atoms with E-state index in [2.05, 4.69) is 10.3 Å². The number of pyridine rings is 1. The second kappa shape index (κ2) is 5.19. The zero-order valence-corrected chi connectivity index (χ0v) is 13.3. The summed E-state index contributed by atoms with van der Waals surface area (Å²) in [6.07, 6.45) is 1.69. The minimum atomic E-state index is -0.935. The third-order valence-electron chi connectivity index (χ3n) is 4.25. The molecule has 0 aliphatic carbocycles. The van der Waals surface area contributed by atoms with Gasteiger partial charge in [0.2, 0.25) is 0 Å². The predicted octanol–water partition coefficient (Wildman–Crippen LogP) is 4.19. The number of anilines is 1. The van der Waals surface area contributed by atoms with Crippen LogP contribution in [-0.2, 0) is 4.79 Å². The van der Waals surface area contributed by atoms with Crippen molar-refractivity contribution in [2.45, 2.75) is 33.2 Å². The van der Waals surface area contributed by atoms with Crippen molar-refractivity contribution >= 4 is 34.2 Å². The molecule has 1 heterocycles. The van der Waals surface area contributed by atoms with E-state index in [0.717, 1.165) is 16.6 Å². The number of aliphatic carboxylic acids is 1. The Labute approximate surface area is 129 Å². The summed E-state index contributed by atoms with van der Waals surface area (Å²) in [6, 6.07) is 7.32. The summed E-state index contributed by atoms with van der Waals surface area (Å²) in [4.78, 5) is 15.8. The third kappa shape index (κ3) is 2.81. The van der Waals surface area contributed by atoms with Gasteiger partial charge >= 0.3 is 5.97 Å². The summed E-state index contributed by atoms with van der Waals surface area (Å²) >= 11 is 5.98. The fraction of sp³-hybridized carbons (Fsp3) is 0.375. The summed E-state index contributed by atoms with van der Waals surface area (Å²) in [5.41, 5.74) is 0.0364. The van der Waals surface area contributed by atoms with Crippen LogP contribution in [0.25, 0.3) is 10.9 Å². The molecule has 1 aromatic carbocycles. The van der Waals surface area contributed by atoms with Gasteiger partial charge in [-0.3, -0.25) is 9.78 Å². The van der Waals surface area contributed by atoms with E-state index in [1.807, 2.05) is 26.0 Å². The van der Waals surface area contributed by atoms with Crippen molar-refractivity contribution in [3.05, 3.63) is 35.5 Å². The number of halogens is 1. The molecule has 21 heavy (non-hydrogen) atoms. The van der Waals surface area contributed by atoms with E-state index in [4.69, 9.17) is 11.6 Å². The van der Waals surface area contributed by atoms with E-state index in [0.29, 0.717) is 5.02 Å². The van der Waals surface area contributed by atoms with Gasteiger partial charge in [-0.2, -0.15) is 0 Å². The Bertz CT molecular complexity index is 696. The van der Waals surface area contributed by atoms with E-state index in [1.54, 1.807) is 32.2 Å². The van der Waals surface area contributed by atoms with Gasteiger partial charge in [-0.1, -0.05) is 11.6 Å². The lowest BCUT2D eigenvalue weighted by Crippen LogP contribution is -2.50. The zero-order valence-electron chi connectivity index (χ0n) is 12.6. The summed E-state index contributed by atoms with van der Waals surface area (Å²) in [5, 5.41) is 14.3. The number of nitrogens with zero attached hydrogens (tertiary/aromatic N) is 1. The van der Waals surface area contributed by atoms with Gasteiger partial charge in [0.1, 0.15) is 0 Å². The highest BCUT2D eigenvalue weighted by Crippen LogP contribution is 2.36. The highest BCUT2D eigenvalue weighted by atomic mass is 35.5. The number of hydrogen-bond donors (Lipinski definition) is 2. The number of nitrogens with one attached hydrogen (secondary N) is 1. The molecule has 2 aromatic rings. The molecule has 0 atom stereocenters. The molecule has 0 radical (unpaired) electrons. The maximum atomic E-state index is 11.5. The first-order valence-electron chi connectivity index (χ1n) is 6.71. The molecule has 4 nitrogen and oxygen atoms in total. The molecule has 0 fully saturated rings. The van der Waals surface area contributed by atoms with Crippen LogP contribution in [0, 0.1) is 5.41 Å². The molecule has 0 aliphatic rings. The lowest BCUT2D eigenvalue weighted by atomic mass is 9.74. The van der Waals surface area contributed by atoms with Crippen molar-refractivity contribution in [3.8, 4) is 0 Å². The van der Waals surface area contributed by atoms with E-state index in [9.17, 15) is 9.90 Å². The van der Waals surface area contributed by atoms with Crippen molar-refractivity contribution < 1.29 is 9.90 Å². The average Bonchev–Trinajstić information content (AvgIpc) is 2.37. The summed E-state index contributed by atoms with van der Waals surface area (Å²) in [6.45, 7) is 7.18. The molecule has 0 unspecified atom stereocenters. The first kappa shape index (κ1) is 15.6. The number of aromatic nitrogens is 1. The van der Waals surface area contributed by atoms with Crippen LogP contribution in [0.5, 0.6) is 0 Å². The SMILES string of the molecule is CC(C)(Nc1ccnc2cc(Cl)ccc12)C(C)(C)C(=O)O. The minimum absolute atomic E-state index is 0.622. The van der Waals surface area contributed by atoms with E-state index in [-0.39, 0.29) is 0 Å². The van der Waals surface area contributed by atoms with Gasteiger partial charge in [-0.15, -0.1) is 0 Å². The van der Waals surface area contributed by atoms with Crippen LogP contribution in [0.15, 0.2) is 30.5 Å². The van der Waals surface area contributed by atoms with Crippen LogP contribution in [-0.4, -0.2) is 21.6 Å². The number of carboxylic acids is 1. The lowest BCUT2D eigenvalue weighted by Gasteiger charge is -2.39. The normalized spacial score (nSPS) is 12.4. The van der Waals surface area contributed by atoms with Crippen LogP contribution >= 0.6 is 11.6 Å². The first-order chi connectivity index (χ1) is 9.65. The quantitative estimate of drug-likeness (QED) is 0.889. The Morgan fingerprint density at radius 2 is 1.90 bits per heavy atom. The monoisotopic (exact) mass is 306 g/mol. The lowest BCUT2D eigenvalue weighted by molar-refractivity contribution is -0.149. The highest BCUT2D eigenvalue weighted by Gasteiger charge is 2.43. The number of benzene rings is 1. The van der Waals surface area contributed by atoms with E-state index >= 15 is 0 Å². The topological polar surface area (TPSA) is 62.2 Å². The number of hydrogen-bond acceptors (Lipinski definition) is 3. The molecule has 2 rings (SSSR count). The van der Waals surface area contributed by atoms with Crippen LogP contribution in [0.3, 0.4) is 0 Å². The summed E-state index contributed by atoms with van der Waals surface area (Å²) in [7, 11) is 0. The Morgan fingerprint density at radius 3 is 2.52 bits per heavy atom. The molecule has 0 aliphatic heterocycles. The summed E-state index contributed by atoms with van der Waals surface area (Å²) in [5.74, 6) is -0.846. The maximum Gasteiger partial charge on any atom is 0.311 e. The molecule has 0 saturated heterocycles. The molecule has 1 aromatic heterocycles. The van der Waals surface area contributed by atoms with Crippen molar-refractivity contribution in [1.82, 2.24) is 4.98 Å². The standard InChI is InChI=1S/C16H19ClN2O2/c1-15(2,14(20)21)16(3,4)19-12-7-8-18-13-9-10(17)5-6-11(12)13/h5-9H,1-4H3,(H,18,19)(H,20,21). The first-order valence-corrected chi connectivity index (χ1v) is 7.09. The number of carboxylic acid groups (broad SMARTS) is 1. The van der Waals surface area contributed by atoms with Gasteiger partial charge in [0.25, 0.3) is 0 Å². The Morgan fingerprint density at radius 1 is 1.24 bits per heavy atom. The second-order valence-corrected chi connectivity index (χ2v) is 6.64. The fourth-order valence-corrected chi connectivity index (χ4v) is 2.16. The second-order valence-electron chi connectivity index (χ2n) is 6.20. The van der Waals surface area contributed by atoms with Crippen LogP contribution < -0.4 is 5.32 Å². The van der Waals surface area contributed by atoms with Crippen LogP contribution in [0.2, 0.25) is 5.02 Å². The molecule has 0 spiro atoms. The Balaban J connectivity index is 2.47. The van der Waals surface area contributed by atoms with Gasteiger partial charge in [0.05, 0.1) is 10.9 Å². The fourth-order valence-electron chi connectivity index (χ4n) is 1.99. The number of carbonyl (C=O) groups is 1. The van der Waals surface area contributed by atoms with Crippen molar-refractivity contribution in [2.24, 2.45) is 5.41 Å². The molecule has 2 N–H and O–H groups in total. The van der Waals surface area contributed by atoms with Gasteiger partial charge in [0.15, 0.2) is 0 Å². The predicted molar refractivity (Wildman–Crippen MR) is 85.9 cm³/mol.